The molecule has 0 aromatic heterocycles. The van der Waals surface area contributed by atoms with E-state index in [9.17, 15) is 62.6 Å². The van der Waals surface area contributed by atoms with E-state index in [0.29, 0.717) is 6.07 Å². The number of carboxylic acids is 1. The molecule has 6 amide bonds. The van der Waals surface area contributed by atoms with Crippen LogP contribution in [0.5, 0.6) is 23.0 Å². The molecule has 0 spiro atoms. The van der Waals surface area contributed by atoms with Crippen LogP contribution in [0.2, 0.25) is 5.02 Å². The number of rotatable bonds is 7. The van der Waals surface area contributed by atoms with Crippen molar-refractivity contribution >= 4 is 48.6 Å². The Morgan fingerprint density at radius 2 is 1.65 bits per heavy atom. The highest BCUT2D eigenvalue weighted by molar-refractivity contribution is 6.47. The summed E-state index contributed by atoms with van der Waals surface area (Å²) >= 11 is 6.17. The monoisotopic (exact) mass is 775 g/mol. The van der Waals surface area contributed by atoms with E-state index in [0.717, 1.165) is 29.2 Å². The number of halogens is 4. The van der Waals surface area contributed by atoms with Crippen molar-refractivity contribution in [3.8, 4) is 23.0 Å². The fraction of sp³-hybridized carbons (Fsp3) is 0.303. The molecule has 2 unspecified atom stereocenters. The second-order valence-corrected chi connectivity index (χ2v) is 13.1. The van der Waals surface area contributed by atoms with Crippen LogP contribution in [0.15, 0.2) is 36.4 Å². The first kappa shape index (κ1) is 37.9. The minimum absolute atomic E-state index is 0.0513. The summed E-state index contributed by atoms with van der Waals surface area (Å²) in [7, 11) is -1.95. The average molecular weight is 776 g/mol. The Balaban J connectivity index is 1.17. The number of phenols is 3. The molecule has 0 saturated carbocycles. The summed E-state index contributed by atoms with van der Waals surface area (Å²) in [4.78, 5) is 69.0. The number of imide groups is 1. The topological polar surface area (TPSA) is 230 Å². The zero-order chi connectivity index (χ0) is 39.2. The number of benzene rings is 3. The minimum atomic E-state index is -1.99. The zero-order valence-corrected chi connectivity index (χ0v) is 28.5. The van der Waals surface area contributed by atoms with Crippen LogP contribution in [0.1, 0.15) is 50.7 Å². The van der Waals surface area contributed by atoms with E-state index >= 15 is 0 Å². The first-order valence-electron chi connectivity index (χ1n) is 16.3. The maximum atomic E-state index is 14.7. The van der Waals surface area contributed by atoms with Crippen LogP contribution in [0.4, 0.5) is 22.8 Å². The predicted molar refractivity (Wildman–Crippen MR) is 179 cm³/mol. The number of nitrogens with one attached hydrogen (secondary N) is 2. The molecule has 0 bridgehead atoms. The number of aromatic carboxylic acids is 1. The molecule has 0 radical (unpaired) electrons. The number of hydrogen-bond donors (Lipinski definition) is 7. The number of aromatic hydroxyl groups is 3. The molecule has 3 heterocycles. The number of urea groups is 2. The first-order valence-corrected chi connectivity index (χ1v) is 16.7. The summed E-state index contributed by atoms with van der Waals surface area (Å²) in [6.07, 6.45) is 0.272. The SMILES string of the molecule is O=C(O)c1c(F)ccc2c1OB(O)C(NC(=O)C(NC(=O)N1CCN(C3CCN(C(=O)c4cc(O)cc(F)c4)CC3)C1=O)c1cc(F)c(O)c(O)c1Cl)C2. The van der Waals surface area contributed by atoms with Crippen LogP contribution in [0.3, 0.4) is 0 Å². The van der Waals surface area contributed by atoms with Gasteiger partial charge in [-0.15, -0.1) is 0 Å². The van der Waals surface area contributed by atoms with E-state index in [1.54, 1.807) is 0 Å². The van der Waals surface area contributed by atoms with Gasteiger partial charge in [0.2, 0.25) is 5.91 Å². The van der Waals surface area contributed by atoms with Gasteiger partial charge in [-0.1, -0.05) is 17.7 Å². The van der Waals surface area contributed by atoms with Crippen molar-refractivity contribution in [2.45, 2.75) is 37.3 Å². The molecule has 54 heavy (non-hydrogen) atoms. The van der Waals surface area contributed by atoms with Gasteiger partial charge in [0.15, 0.2) is 17.3 Å². The third-order valence-corrected chi connectivity index (χ3v) is 9.79. The number of amides is 6. The Kier molecular flexibility index (Phi) is 10.4. The van der Waals surface area contributed by atoms with Crippen LogP contribution in [-0.4, -0.2) is 115 Å². The number of phenolic OH excluding ortho intramolecular Hbond substituents is 3. The van der Waals surface area contributed by atoms with E-state index in [1.807, 2.05) is 0 Å². The van der Waals surface area contributed by atoms with Crippen LogP contribution in [0, 0.1) is 17.5 Å². The zero-order valence-electron chi connectivity index (χ0n) is 27.8. The Morgan fingerprint density at radius 1 is 0.944 bits per heavy atom. The van der Waals surface area contributed by atoms with Gasteiger partial charge < -0.3 is 50.5 Å². The fourth-order valence-corrected chi connectivity index (χ4v) is 6.94. The van der Waals surface area contributed by atoms with Crippen molar-refractivity contribution in [1.29, 1.82) is 0 Å². The maximum absolute atomic E-state index is 14.7. The highest BCUT2D eigenvalue weighted by Gasteiger charge is 2.43. The molecule has 3 aromatic carbocycles. The number of fused-ring (bicyclic) bond motifs is 1. The van der Waals surface area contributed by atoms with Gasteiger partial charge in [0.25, 0.3) is 5.91 Å². The van der Waals surface area contributed by atoms with E-state index < -0.39 is 112 Å². The summed E-state index contributed by atoms with van der Waals surface area (Å²) < 4.78 is 47.9. The molecule has 6 rings (SSSR count). The average Bonchev–Trinajstić information content (AvgIpc) is 3.51. The quantitative estimate of drug-likeness (QED) is 0.136. The van der Waals surface area contributed by atoms with Crippen LogP contribution < -0.4 is 15.3 Å². The van der Waals surface area contributed by atoms with Crippen LogP contribution in [0.25, 0.3) is 0 Å². The van der Waals surface area contributed by atoms with E-state index in [-0.39, 0.29) is 56.6 Å². The smallest absolute Gasteiger partial charge is 0.534 e. The van der Waals surface area contributed by atoms with Crippen molar-refractivity contribution in [1.82, 2.24) is 25.3 Å². The summed E-state index contributed by atoms with van der Waals surface area (Å²) in [5, 5.41) is 53.8. The van der Waals surface area contributed by atoms with Crippen molar-refractivity contribution in [3.05, 3.63) is 81.1 Å². The lowest BCUT2D eigenvalue weighted by Crippen LogP contribution is -2.56. The molecule has 284 valence electrons. The normalized spacial score (nSPS) is 17.9. The molecule has 2 fully saturated rings. The number of carboxylic acid groups (broad SMARTS) is 1. The standard InChI is InChI=1S/C33H30BClF3N5O11/c35-24-19(13-21(38)26(45)27(24)46)25(29(47)39-22-11-14-1-2-20(37)23(31(49)50)28(14)54-34(22)53)40-32(51)43-8-7-42(33(43)52)17-3-5-41(6-4-17)30(48)15-9-16(36)12-18(44)10-15/h1-2,9-10,12-13,17,22,25,44-46,53H,3-8,11H2,(H,39,47)(H,40,51)(H,49,50). The lowest BCUT2D eigenvalue weighted by Gasteiger charge is -2.36. The molecular formula is C33H30BClF3N5O11. The third kappa shape index (κ3) is 7.21. The molecule has 7 N–H and O–H groups in total. The lowest BCUT2D eigenvalue weighted by molar-refractivity contribution is -0.123. The third-order valence-electron chi connectivity index (χ3n) is 9.40. The second kappa shape index (κ2) is 14.9. The highest BCUT2D eigenvalue weighted by Crippen LogP contribution is 2.41. The first-order chi connectivity index (χ1) is 25.5. The maximum Gasteiger partial charge on any atom is 0.547 e. The second-order valence-electron chi connectivity index (χ2n) is 12.7. The van der Waals surface area contributed by atoms with Gasteiger partial charge in [-0.2, -0.15) is 0 Å². The number of piperidine rings is 1. The number of carbonyl (C=O) groups is 5. The van der Waals surface area contributed by atoms with Crippen molar-refractivity contribution in [2.24, 2.45) is 0 Å². The summed E-state index contributed by atoms with van der Waals surface area (Å²) in [6, 6.07) is 1.24. The van der Waals surface area contributed by atoms with Gasteiger partial charge in [-0.25, -0.2) is 32.5 Å². The molecule has 16 nitrogen and oxygen atoms in total. The molecule has 2 saturated heterocycles. The van der Waals surface area contributed by atoms with Crippen molar-refractivity contribution in [2.75, 3.05) is 26.2 Å². The van der Waals surface area contributed by atoms with Gasteiger partial charge in [-0.05, 0) is 49.1 Å². The molecule has 21 heteroatoms. The molecule has 3 aliphatic heterocycles. The van der Waals surface area contributed by atoms with Crippen LogP contribution >= 0.6 is 11.6 Å². The van der Waals surface area contributed by atoms with Crippen molar-refractivity contribution in [3.63, 3.8) is 0 Å². The van der Waals surface area contributed by atoms with Crippen LogP contribution in [-0.2, 0) is 11.2 Å². The Labute approximate surface area is 308 Å². The molecule has 3 aliphatic rings. The predicted octanol–water partition coefficient (Wildman–Crippen LogP) is 2.51. The minimum Gasteiger partial charge on any atom is -0.534 e. The molecule has 2 atom stereocenters. The fourth-order valence-electron chi connectivity index (χ4n) is 6.69. The van der Waals surface area contributed by atoms with E-state index in [1.165, 1.54) is 15.9 Å². The summed E-state index contributed by atoms with van der Waals surface area (Å²) in [5.41, 5.74) is -1.38. The number of hydrogen-bond acceptors (Lipinski definition) is 10. The number of likely N-dealkylation sites (tertiary alicyclic amines) is 1. The largest absolute Gasteiger partial charge is 0.547 e. The van der Waals surface area contributed by atoms with Gasteiger partial charge in [-0.3, -0.25) is 9.59 Å². The van der Waals surface area contributed by atoms with Crippen molar-refractivity contribution < 1.29 is 67.2 Å². The molecule has 3 aromatic rings. The van der Waals surface area contributed by atoms with Gasteiger partial charge in [0.1, 0.15) is 34.7 Å². The number of carbonyl (C=O) groups excluding carboxylic acids is 4. The Bertz CT molecular complexity index is 2050. The van der Waals surface area contributed by atoms with Gasteiger partial charge in [0, 0.05) is 49.4 Å². The van der Waals surface area contributed by atoms with Gasteiger partial charge in [0.05, 0.1) is 11.0 Å². The van der Waals surface area contributed by atoms with E-state index in [2.05, 4.69) is 10.6 Å². The lowest BCUT2D eigenvalue weighted by atomic mass is 9.72. The highest BCUT2D eigenvalue weighted by atomic mass is 35.5. The van der Waals surface area contributed by atoms with Gasteiger partial charge >= 0.3 is 25.1 Å². The number of nitrogens with zero attached hydrogens (tertiary/aromatic N) is 3. The Hall–Kier alpha value is -5.89. The molecular weight excluding hydrogens is 746 g/mol. The molecule has 0 aliphatic carbocycles. The summed E-state index contributed by atoms with van der Waals surface area (Å²) in [6.45, 7) is 0.221. The summed E-state index contributed by atoms with van der Waals surface area (Å²) in [5.74, 6) is -11.4. The van der Waals surface area contributed by atoms with E-state index in [4.69, 9.17) is 16.3 Å². The Morgan fingerprint density at radius 3 is 2.31 bits per heavy atom.